The molecule has 1 aromatic heterocycles. The Kier molecular flexibility index (Phi) is 6.09. The fourth-order valence-electron chi connectivity index (χ4n) is 2.11. The van der Waals surface area contributed by atoms with Crippen LogP contribution in [0.2, 0.25) is 5.02 Å². The molecule has 5 nitrogen and oxygen atoms in total. The van der Waals surface area contributed by atoms with Crippen LogP contribution in [-0.4, -0.2) is 22.8 Å². The molecule has 138 valence electrons. The fraction of sp³-hybridized carbons (Fsp3) is 0.188. The summed E-state index contributed by atoms with van der Waals surface area (Å²) in [5.41, 5.74) is -2.76. The maximum absolute atomic E-state index is 13.2. The molecule has 0 aliphatic carbocycles. The van der Waals surface area contributed by atoms with E-state index in [0.29, 0.717) is 6.20 Å². The van der Waals surface area contributed by atoms with Crippen molar-refractivity contribution in [1.29, 1.82) is 0 Å². The fourth-order valence-corrected chi connectivity index (χ4v) is 2.45. The van der Waals surface area contributed by atoms with Crippen LogP contribution in [0.1, 0.15) is 18.1 Å². The Hall–Kier alpha value is -2.32. The van der Waals surface area contributed by atoms with E-state index in [-0.39, 0.29) is 27.8 Å². The van der Waals surface area contributed by atoms with Crippen LogP contribution in [0.4, 0.5) is 13.2 Å². The summed E-state index contributed by atoms with van der Waals surface area (Å²) in [6.07, 6.45) is -3.12. The molecule has 1 aromatic carbocycles. The van der Waals surface area contributed by atoms with E-state index in [2.05, 4.69) is 5.10 Å². The summed E-state index contributed by atoms with van der Waals surface area (Å²) in [5, 5.41) is 4.96. The van der Waals surface area contributed by atoms with E-state index < -0.39 is 28.8 Å². The molecule has 2 aromatic rings. The van der Waals surface area contributed by atoms with Gasteiger partial charge < -0.3 is 4.74 Å². The molecule has 0 bridgehead atoms. The molecule has 0 radical (unpaired) electrons. The zero-order valence-corrected chi connectivity index (χ0v) is 14.7. The third-order valence-electron chi connectivity index (χ3n) is 3.20. The van der Waals surface area contributed by atoms with Gasteiger partial charge in [-0.05, 0) is 36.3 Å². The van der Waals surface area contributed by atoms with Crippen molar-refractivity contribution in [1.82, 2.24) is 10.2 Å². The lowest BCUT2D eigenvalue weighted by atomic mass is 10.00. The molecule has 0 fully saturated rings. The van der Waals surface area contributed by atoms with Crippen LogP contribution >= 0.6 is 23.2 Å². The van der Waals surface area contributed by atoms with Crippen molar-refractivity contribution in [3.8, 4) is 11.1 Å². The second kappa shape index (κ2) is 7.92. The van der Waals surface area contributed by atoms with Gasteiger partial charge in [0.1, 0.15) is 5.03 Å². The van der Waals surface area contributed by atoms with Gasteiger partial charge in [0.15, 0.2) is 0 Å². The predicted octanol–water partition coefficient (Wildman–Crippen LogP) is 4.25. The molecule has 0 saturated heterocycles. The van der Waals surface area contributed by atoms with Gasteiger partial charge in [-0.25, -0.2) is 9.89 Å². The topological polar surface area (TPSA) is 72.0 Å². The van der Waals surface area contributed by atoms with Gasteiger partial charge in [-0.3, -0.25) is 4.79 Å². The van der Waals surface area contributed by atoms with Gasteiger partial charge in [-0.1, -0.05) is 29.3 Å². The Morgan fingerprint density at radius 2 is 2.08 bits per heavy atom. The average Bonchev–Trinajstić information content (AvgIpc) is 2.56. The third kappa shape index (κ3) is 4.44. The maximum Gasteiger partial charge on any atom is 0.418 e. The first-order valence-corrected chi connectivity index (χ1v) is 7.89. The van der Waals surface area contributed by atoms with Crippen molar-refractivity contribution in [3.63, 3.8) is 0 Å². The molecule has 0 atom stereocenters. The molecular weight excluding hydrogens is 396 g/mol. The number of ether oxygens (including phenoxy) is 1. The van der Waals surface area contributed by atoms with Gasteiger partial charge in [-0.2, -0.15) is 18.3 Å². The molecule has 1 N–H and O–H groups in total. The number of H-pyrrole nitrogens is 1. The van der Waals surface area contributed by atoms with E-state index in [4.69, 9.17) is 27.9 Å². The zero-order valence-electron chi connectivity index (χ0n) is 13.2. The summed E-state index contributed by atoms with van der Waals surface area (Å²) in [4.78, 5) is 23.5. The standard InChI is InChI=1S/C16H11Cl2F3N2O3/c1-2-26-15(25)12(18)6-9-5-8(3-4-11(9)17)13-10(16(19,20)21)7-22-23-14(13)24/h3-7H,2H2,1H3,(H,23,24). The second-order valence-corrected chi connectivity index (χ2v) is 5.75. The smallest absolute Gasteiger partial charge is 0.418 e. The van der Waals surface area contributed by atoms with Gasteiger partial charge in [-0.15, -0.1) is 0 Å². The van der Waals surface area contributed by atoms with Gasteiger partial charge >= 0.3 is 12.1 Å². The number of nitrogens with zero attached hydrogens (tertiary/aromatic N) is 1. The molecule has 0 saturated carbocycles. The van der Waals surface area contributed by atoms with Crippen LogP contribution in [0.5, 0.6) is 0 Å². The molecule has 10 heteroatoms. The van der Waals surface area contributed by atoms with Crippen LogP contribution in [0.25, 0.3) is 17.2 Å². The van der Waals surface area contributed by atoms with Crippen LogP contribution in [0.15, 0.2) is 34.2 Å². The summed E-state index contributed by atoms with van der Waals surface area (Å²) >= 11 is 11.8. The van der Waals surface area contributed by atoms with E-state index in [9.17, 15) is 22.8 Å². The zero-order chi connectivity index (χ0) is 19.5. The third-order valence-corrected chi connectivity index (χ3v) is 3.81. The van der Waals surface area contributed by atoms with Crippen molar-refractivity contribution in [2.24, 2.45) is 0 Å². The van der Waals surface area contributed by atoms with Crippen molar-refractivity contribution in [2.45, 2.75) is 13.1 Å². The van der Waals surface area contributed by atoms with Gasteiger partial charge in [0.05, 0.1) is 23.9 Å². The van der Waals surface area contributed by atoms with Gasteiger partial charge in [0.2, 0.25) is 0 Å². The number of aromatic nitrogens is 2. The number of carbonyl (C=O) groups is 1. The minimum atomic E-state index is -4.78. The van der Waals surface area contributed by atoms with Crippen molar-refractivity contribution >= 4 is 35.2 Å². The van der Waals surface area contributed by atoms with Crippen LogP contribution in [-0.2, 0) is 15.7 Å². The predicted molar refractivity (Wildman–Crippen MR) is 90.8 cm³/mol. The number of aromatic amines is 1. The highest BCUT2D eigenvalue weighted by Crippen LogP contribution is 2.35. The Labute approximate surface area is 155 Å². The Morgan fingerprint density at radius 3 is 2.69 bits per heavy atom. The van der Waals surface area contributed by atoms with Crippen LogP contribution in [0.3, 0.4) is 0 Å². The molecule has 0 unspecified atom stereocenters. The van der Waals surface area contributed by atoms with Crippen molar-refractivity contribution in [3.05, 3.63) is 55.9 Å². The molecular formula is C16H11Cl2F3N2O3. The van der Waals surface area contributed by atoms with E-state index in [1.54, 1.807) is 6.92 Å². The average molecular weight is 407 g/mol. The minimum absolute atomic E-state index is 0.0649. The first-order chi connectivity index (χ1) is 12.1. The molecule has 0 aliphatic rings. The Morgan fingerprint density at radius 1 is 1.38 bits per heavy atom. The first-order valence-electron chi connectivity index (χ1n) is 7.14. The Balaban J connectivity index is 2.61. The summed E-state index contributed by atoms with van der Waals surface area (Å²) in [6, 6.07) is 3.75. The minimum Gasteiger partial charge on any atom is -0.462 e. The van der Waals surface area contributed by atoms with Crippen LogP contribution in [0, 0.1) is 0 Å². The molecule has 0 spiro atoms. The highest BCUT2D eigenvalue weighted by Gasteiger charge is 2.35. The SMILES string of the molecule is CCOC(=O)C(Cl)=Cc1cc(-c2c(C(F)(F)F)cn[nH]c2=O)ccc1Cl. The molecule has 2 rings (SSSR count). The lowest BCUT2D eigenvalue weighted by Gasteiger charge is -2.12. The number of halogens is 5. The first kappa shape index (κ1) is 20.0. The lowest BCUT2D eigenvalue weighted by molar-refractivity contribution is -0.138. The van der Waals surface area contributed by atoms with Crippen molar-refractivity contribution in [2.75, 3.05) is 6.61 Å². The summed E-state index contributed by atoms with van der Waals surface area (Å²) in [7, 11) is 0. The molecule has 0 aliphatic heterocycles. The summed E-state index contributed by atoms with van der Waals surface area (Å²) < 4.78 is 44.3. The number of hydrogen-bond acceptors (Lipinski definition) is 4. The van der Waals surface area contributed by atoms with E-state index >= 15 is 0 Å². The molecule has 1 heterocycles. The quantitative estimate of drug-likeness (QED) is 0.608. The van der Waals surface area contributed by atoms with E-state index in [1.807, 2.05) is 5.10 Å². The maximum atomic E-state index is 13.2. The largest absolute Gasteiger partial charge is 0.462 e. The van der Waals surface area contributed by atoms with Crippen molar-refractivity contribution < 1.29 is 22.7 Å². The number of hydrogen-bond donors (Lipinski definition) is 1. The van der Waals surface area contributed by atoms with Crippen LogP contribution < -0.4 is 5.56 Å². The number of esters is 1. The normalized spacial score (nSPS) is 12.2. The second-order valence-electron chi connectivity index (χ2n) is 4.93. The number of rotatable bonds is 4. The highest BCUT2D eigenvalue weighted by molar-refractivity contribution is 6.43. The number of carbonyl (C=O) groups excluding carboxylic acids is 1. The van der Waals surface area contributed by atoms with E-state index in [1.165, 1.54) is 18.2 Å². The Bertz CT molecular complexity index is 924. The van der Waals surface area contributed by atoms with Gasteiger partial charge in [0.25, 0.3) is 5.56 Å². The summed E-state index contributed by atoms with van der Waals surface area (Å²) in [5.74, 6) is -0.812. The number of alkyl halides is 3. The highest BCUT2D eigenvalue weighted by atomic mass is 35.5. The van der Waals surface area contributed by atoms with E-state index in [0.717, 1.165) is 6.08 Å². The molecule has 26 heavy (non-hydrogen) atoms. The molecule has 0 amide bonds. The monoisotopic (exact) mass is 406 g/mol. The lowest BCUT2D eigenvalue weighted by Crippen LogP contribution is -2.19. The summed E-state index contributed by atoms with van der Waals surface area (Å²) in [6.45, 7) is 1.68. The van der Waals surface area contributed by atoms with Gasteiger partial charge in [0, 0.05) is 5.02 Å². The number of benzene rings is 1. The number of nitrogens with one attached hydrogen (secondary N) is 1.